The number of amides is 1. The van der Waals surface area contributed by atoms with Crippen LogP contribution in [0.25, 0.3) is 0 Å². The first-order valence-electron chi connectivity index (χ1n) is 7.09. The molecule has 4 heteroatoms. The van der Waals surface area contributed by atoms with Crippen LogP contribution in [0.4, 0.5) is 0 Å². The molecule has 2 N–H and O–H groups in total. The lowest BCUT2D eigenvalue weighted by Crippen LogP contribution is -2.31. The van der Waals surface area contributed by atoms with Crippen LogP contribution in [0.3, 0.4) is 0 Å². The van der Waals surface area contributed by atoms with E-state index in [1.54, 1.807) is 6.92 Å². The first-order chi connectivity index (χ1) is 9.99. The number of benzene rings is 1. The molecular weight excluding hydrogens is 266 g/mol. The maximum atomic E-state index is 11.7. The number of carbonyl (C=O) groups is 2. The van der Waals surface area contributed by atoms with Crippen LogP contribution in [0.1, 0.15) is 38.7 Å². The lowest BCUT2D eigenvalue weighted by Gasteiger charge is -2.12. The van der Waals surface area contributed by atoms with E-state index in [1.165, 1.54) is 0 Å². The van der Waals surface area contributed by atoms with Gasteiger partial charge in [-0.15, -0.1) is 0 Å². The molecule has 0 heterocycles. The fourth-order valence-electron chi connectivity index (χ4n) is 1.84. The number of nitrogens with one attached hydrogen (secondary N) is 1. The molecule has 1 aromatic carbocycles. The minimum atomic E-state index is -0.777. The molecule has 0 radical (unpaired) electrons. The summed E-state index contributed by atoms with van der Waals surface area (Å²) in [5, 5.41) is 11.6. The number of carboxylic acids is 1. The van der Waals surface area contributed by atoms with E-state index < -0.39 is 5.97 Å². The zero-order valence-corrected chi connectivity index (χ0v) is 12.4. The van der Waals surface area contributed by atoms with Gasteiger partial charge in [0, 0.05) is 17.5 Å². The molecule has 1 rings (SSSR count). The summed E-state index contributed by atoms with van der Waals surface area (Å²) in [4.78, 5) is 22.3. The smallest absolute Gasteiger partial charge is 0.306 e. The number of carbonyl (C=O) groups excluding carboxylic acids is 1. The van der Waals surface area contributed by atoms with E-state index in [0.717, 1.165) is 18.4 Å². The minimum Gasteiger partial charge on any atom is -0.481 e. The van der Waals surface area contributed by atoms with E-state index in [0.29, 0.717) is 6.42 Å². The molecule has 1 aromatic rings. The second kappa shape index (κ2) is 8.80. The summed E-state index contributed by atoms with van der Waals surface area (Å²) in [6.45, 7) is 3.59. The normalized spacial score (nSPS) is 12.7. The predicted molar refractivity (Wildman–Crippen MR) is 81.6 cm³/mol. The van der Waals surface area contributed by atoms with Gasteiger partial charge in [-0.1, -0.05) is 37.5 Å². The Hall–Kier alpha value is -2.28. The monoisotopic (exact) mass is 287 g/mol. The lowest BCUT2D eigenvalue weighted by molar-refractivity contribution is -0.141. The molecule has 0 saturated heterocycles. The van der Waals surface area contributed by atoms with Crippen LogP contribution < -0.4 is 5.32 Å². The SMILES string of the molecule is CC(CCCC(C)C(=O)O)NC(=O)C#Cc1ccccc1. The third-order valence-corrected chi connectivity index (χ3v) is 3.17. The van der Waals surface area contributed by atoms with Gasteiger partial charge in [0.15, 0.2) is 0 Å². The zero-order chi connectivity index (χ0) is 15.7. The van der Waals surface area contributed by atoms with E-state index in [9.17, 15) is 9.59 Å². The first-order valence-corrected chi connectivity index (χ1v) is 7.09. The first kappa shape index (κ1) is 16.8. The van der Waals surface area contributed by atoms with Crippen LogP contribution in [0.5, 0.6) is 0 Å². The highest BCUT2D eigenvalue weighted by Gasteiger charge is 2.11. The summed E-state index contributed by atoms with van der Waals surface area (Å²) >= 11 is 0. The van der Waals surface area contributed by atoms with Crippen molar-refractivity contribution in [2.75, 3.05) is 0 Å². The van der Waals surface area contributed by atoms with E-state index in [4.69, 9.17) is 5.11 Å². The van der Waals surface area contributed by atoms with Crippen LogP contribution >= 0.6 is 0 Å². The highest BCUT2D eigenvalue weighted by atomic mass is 16.4. The molecule has 0 aliphatic heterocycles. The third kappa shape index (κ3) is 7.17. The van der Waals surface area contributed by atoms with Crippen LogP contribution in [0, 0.1) is 17.8 Å². The molecule has 0 fully saturated rings. The van der Waals surface area contributed by atoms with Gasteiger partial charge in [0.05, 0.1) is 5.92 Å². The fourth-order valence-corrected chi connectivity index (χ4v) is 1.84. The van der Waals surface area contributed by atoms with Gasteiger partial charge in [0.25, 0.3) is 5.91 Å². The highest BCUT2D eigenvalue weighted by molar-refractivity contribution is 5.94. The molecule has 0 aliphatic rings. The molecule has 0 aliphatic carbocycles. The van der Waals surface area contributed by atoms with Crippen LogP contribution in [-0.2, 0) is 9.59 Å². The van der Waals surface area contributed by atoms with Gasteiger partial charge in [-0.2, -0.15) is 0 Å². The van der Waals surface area contributed by atoms with Crippen molar-refractivity contribution in [1.82, 2.24) is 5.32 Å². The average Bonchev–Trinajstić information content (AvgIpc) is 2.46. The van der Waals surface area contributed by atoms with Crippen LogP contribution in [0.15, 0.2) is 30.3 Å². The van der Waals surface area contributed by atoms with Crippen molar-refractivity contribution >= 4 is 11.9 Å². The second-order valence-electron chi connectivity index (χ2n) is 5.16. The summed E-state index contributed by atoms with van der Waals surface area (Å²) in [5.41, 5.74) is 0.801. The Kier molecular flexibility index (Phi) is 7.03. The van der Waals surface area contributed by atoms with Gasteiger partial charge in [-0.3, -0.25) is 9.59 Å². The number of rotatable bonds is 6. The van der Waals surface area contributed by atoms with Crippen molar-refractivity contribution in [3.8, 4) is 11.8 Å². The van der Waals surface area contributed by atoms with Gasteiger partial charge in [0.2, 0.25) is 0 Å². The van der Waals surface area contributed by atoms with Crippen molar-refractivity contribution in [2.24, 2.45) is 5.92 Å². The number of carboxylic acid groups (broad SMARTS) is 1. The fraction of sp³-hybridized carbons (Fsp3) is 0.412. The molecule has 21 heavy (non-hydrogen) atoms. The second-order valence-corrected chi connectivity index (χ2v) is 5.16. The Morgan fingerprint density at radius 2 is 1.86 bits per heavy atom. The van der Waals surface area contributed by atoms with E-state index in [2.05, 4.69) is 17.2 Å². The maximum Gasteiger partial charge on any atom is 0.306 e. The topological polar surface area (TPSA) is 66.4 Å². The Morgan fingerprint density at radius 1 is 1.19 bits per heavy atom. The lowest BCUT2D eigenvalue weighted by atomic mass is 10.0. The maximum absolute atomic E-state index is 11.7. The average molecular weight is 287 g/mol. The van der Waals surface area contributed by atoms with Crippen molar-refractivity contribution in [3.05, 3.63) is 35.9 Å². The van der Waals surface area contributed by atoms with Gasteiger partial charge in [-0.05, 0) is 31.9 Å². The minimum absolute atomic E-state index is 0.0106. The van der Waals surface area contributed by atoms with Crippen molar-refractivity contribution < 1.29 is 14.7 Å². The van der Waals surface area contributed by atoms with E-state index >= 15 is 0 Å². The quantitative estimate of drug-likeness (QED) is 0.790. The number of hydrogen-bond acceptors (Lipinski definition) is 2. The molecule has 0 aromatic heterocycles. The molecule has 1 amide bonds. The largest absolute Gasteiger partial charge is 0.481 e. The molecular formula is C17H21NO3. The molecule has 2 atom stereocenters. The predicted octanol–water partition coefficient (Wildman–Crippen LogP) is 2.43. The summed E-state index contributed by atoms with van der Waals surface area (Å²) in [7, 11) is 0. The molecule has 0 saturated carbocycles. The standard InChI is InChI=1S/C17H21NO3/c1-13(17(20)21)7-6-8-14(2)18-16(19)12-11-15-9-4-3-5-10-15/h3-5,9-10,13-14H,6-8H2,1-2H3,(H,18,19)(H,20,21). The van der Waals surface area contributed by atoms with Gasteiger partial charge in [-0.25, -0.2) is 0 Å². The zero-order valence-electron chi connectivity index (χ0n) is 12.4. The molecule has 112 valence electrons. The molecule has 4 nitrogen and oxygen atoms in total. The summed E-state index contributed by atoms with van der Waals surface area (Å²) in [6, 6.07) is 9.31. The van der Waals surface area contributed by atoms with Crippen LogP contribution in [-0.4, -0.2) is 23.0 Å². The van der Waals surface area contributed by atoms with Crippen molar-refractivity contribution in [2.45, 2.75) is 39.2 Å². The summed E-state index contributed by atoms with van der Waals surface area (Å²) in [5.74, 6) is 3.93. The van der Waals surface area contributed by atoms with Gasteiger partial charge < -0.3 is 10.4 Å². The molecule has 0 spiro atoms. The number of hydrogen-bond donors (Lipinski definition) is 2. The van der Waals surface area contributed by atoms with Gasteiger partial charge >= 0.3 is 5.97 Å². The van der Waals surface area contributed by atoms with E-state index in [-0.39, 0.29) is 17.9 Å². The van der Waals surface area contributed by atoms with Crippen molar-refractivity contribution in [3.63, 3.8) is 0 Å². The summed E-state index contributed by atoms with van der Waals surface area (Å²) < 4.78 is 0. The summed E-state index contributed by atoms with van der Waals surface area (Å²) in [6.07, 6.45) is 2.13. The van der Waals surface area contributed by atoms with Crippen LogP contribution in [0.2, 0.25) is 0 Å². The van der Waals surface area contributed by atoms with E-state index in [1.807, 2.05) is 37.3 Å². The third-order valence-electron chi connectivity index (χ3n) is 3.17. The Labute approximate surface area is 125 Å². The Balaban J connectivity index is 2.31. The highest BCUT2D eigenvalue weighted by Crippen LogP contribution is 2.09. The van der Waals surface area contributed by atoms with Gasteiger partial charge in [0.1, 0.15) is 0 Å². The molecule has 0 bridgehead atoms. The Morgan fingerprint density at radius 3 is 2.48 bits per heavy atom. The number of aliphatic carboxylic acids is 1. The van der Waals surface area contributed by atoms with Crippen molar-refractivity contribution in [1.29, 1.82) is 0 Å². The molecule has 2 unspecified atom stereocenters. The Bertz CT molecular complexity index is 528.